The lowest BCUT2D eigenvalue weighted by Crippen LogP contribution is -2.62. The number of pyridine rings is 1. The van der Waals surface area contributed by atoms with Gasteiger partial charge in [0.2, 0.25) is 5.91 Å². The first-order chi connectivity index (χ1) is 25.9. The number of hydrogen-bond donors (Lipinski definition) is 3. The predicted octanol–water partition coefficient (Wildman–Crippen LogP) is 3.42. The lowest BCUT2D eigenvalue weighted by molar-refractivity contribution is -0.191. The second-order valence-electron chi connectivity index (χ2n) is 15.8. The van der Waals surface area contributed by atoms with E-state index in [0.717, 1.165) is 43.5 Å². The van der Waals surface area contributed by atoms with Gasteiger partial charge in [-0.2, -0.15) is 9.59 Å². The molecule has 6 unspecified atom stereocenters. The Hall–Kier alpha value is -4.23. The molecule has 3 N–H and O–H groups in total. The number of aromatic nitrogens is 1. The molecule has 13 heteroatoms. The highest BCUT2D eigenvalue weighted by molar-refractivity contribution is 5.95. The number of fused-ring (bicyclic) bond motifs is 2. The van der Waals surface area contributed by atoms with Crippen molar-refractivity contribution >= 4 is 23.8 Å². The number of cyclic esters (lactones) is 1. The number of nitrogens with zero attached hydrogens (tertiary/aromatic N) is 4. The number of carbonyl (C=O) groups is 2. The molecule has 6 aliphatic rings. The highest BCUT2D eigenvalue weighted by atomic mass is 16.5. The molecule has 4 fully saturated rings. The molecule has 2 saturated carbocycles. The monoisotopic (exact) mass is 743 g/mol. The molecule has 0 radical (unpaired) electrons. The van der Waals surface area contributed by atoms with Crippen molar-refractivity contribution in [2.45, 2.75) is 83.3 Å². The number of amides is 1. The fourth-order valence-corrected chi connectivity index (χ4v) is 10.0. The van der Waals surface area contributed by atoms with Crippen LogP contribution in [0.3, 0.4) is 0 Å². The Morgan fingerprint density at radius 3 is 2.61 bits per heavy atom. The molecule has 1 aromatic heterocycles. The van der Waals surface area contributed by atoms with Gasteiger partial charge in [-0.25, -0.2) is 9.78 Å². The lowest BCUT2D eigenvalue weighted by atomic mass is 9.45. The lowest BCUT2D eigenvalue weighted by Gasteiger charge is -2.62. The third-order valence-electron chi connectivity index (χ3n) is 13.0. The first-order valence-corrected chi connectivity index (χ1v) is 19.0. The number of aliphatic hydroxyl groups excluding tert-OH is 2. The van der Waals surface area contributed by atoms with Crippen LogP contribution in [0, 0.1) is 22.7 Å². The number of hydrogen-bond acceptors (Lipinski definition) is 12. The maximum absolute atomic E-state index is 13.8. The van der Waals surface area contributed by atoms with Gasteiger partial charge in [-0.15, -0.1) is 0 Å². The molecule has 2 aliphatic carbocycles. The summed E-state index contributed by atoms with van der Waals surface area (Å²) < 4.78 is 11.6. The Morgan fingerprint density at radius 1 is 1.20 bits per heavy atom. The van der Waals surface area contributed by atoms with Crippen molar-refractivity contribution in [2.24, 2.45) is 22.7 Å². The maximum Gasteiger partial charge on any atom is 0.373 e. The highest BCUT2D eigenvalue weighted by Crippen LogP contribution is 2.62. The van der Waals surface area contributed by atoms with Gasteiger partial charge in [0.1, 0.15) is 17.7 Å². The smallest absolute Gasteiger partial charge is 0.373 e. The number of likely N-dealkylation sites (N-methyl/N-ethyl adjacent to an activating group) is 1. The van der Waals surface area contributed by atoms with Crippen LogP contribution < -0.4 is 5.32 Å². The van der Waals surface area contributed by atoms with Crippen molar-refractivity contribution < 1.29 is 38.9 Å². The van der Waals surface area contributed by atoms with Crippen molar-refractivity contribution in [3.63, 3.8) is 0 Å². The van der Waals surface area contributed by atoms with Crippen LogP contribution in [0.15, 0.2) is 84.0 Å². The normalized spacial score (nSPS) is 35.3. The van der Waals surface area contributed by atoms with E-state index < -0.39 is 23.5 Å². The van der Waals surface area contributed by atoms with Crippen LogP contribution in [0.1, 0.15) is 52.9 Å². The highest BCUT2D eigenvalue weighted by Gasteiger charge is 2.60. The molecule has 0 spiro atoms. The second-order valence-corrected chi connectivity index (χ2v) is 15.8. The van der Waals surface area contributed by atoms with Crippen molar-refractivity contribution in [1.82, 2.24) is 19.7 Å². The van der Waals surface area contributed by atoms with E-state index in [-0.39, 0.29) is 54.2 Å². The quantitative estimate of drug-likeness (QED) is 0.250. The summed E-state index contributed by atoms with van der Waals surface area (Å²) in [6.45, 7) is 13.9. The zero-order chi connectivity index (χ0) is 38.8. The summed E-state index contributed by atoms with van der Waals surface area (Å²) in [7, 11) is 1.97. The van der Waals surface area contributed by atoms with Crippen LogP contribution in [0.25, 0.3) is 0 Å². The van der Waals surface area contributed by atoms with Gasteiger partial charge in [-0.3, -0.25) is 19.5 Å². The van der Waals surface area contributed by atoms with E-state index in [2.05, 4.69) is 27.0 Å². The number of anilines is 1. The van der Waals surface area contributed by atoms with Gasteiger partial charge in [-0.05, 0) is 92.3 Å². The molecule has 4 aliphatic heterocycles. The Balaban J connectivity index is 0.00000160. The summed E-state index contributed by atoms with van der Waals surface area (Å²) in [5.74, 6) is 0.666. The number of morpholine rings is 1. The Bertz CT molecular complexity index is 1750. The number of carbonyl (C=O) groups excluding carboxylic acids is 4. The van der Waals surface area contributed by atoms with Gasteiger partial charge in [0, 0.05) is 36.9 Å². The van der Waals surface area contributed by atoms with Crippen molar-refractivity contribution in [3.8, 4) is 0 Å². The SMILES string of the molecule is C=C1C(N2CCOCC2)CC2[C@](C)(CC[C@@H](O)[C@@]2(C)CO)C1CC(Nc1ccccn1)C1=C/C(=C\C2=CN3C(=O)C(CC)N(C)C3C=C2)OC1=O.O=C=O. The molecule has 0 aromatic carbocycles. The summed E-state index contributed by atoms with van der Waals surface area (Å²) in [5, 5.41) is 25.7. The first kappa shape index (κ1) is 39.5. The minimum absolute atomic E-state index is 0.0195. The zero-order valence-corrected chi connectivity index (χ0v) is 31.6. The number of ether oxygens (including phenoxy) is 2. The molecule has 7 rings (SSSR count). The van der Waals surface area contributed by atoms with E-state index >= 15 is 0 Å². The molecule has 9 atom stereocenters. The fraction of sp³-hybridized carbons (Fsp3) is 0.561. The third-order valence-corrected chi connectivity index (χ3v) is 13.0. The number of esters is 1. The molecule has 0 bridgehead atoms. The standard InChI is InChI=1S/C40H53N5O6.CO2/c1-6-31-37(48)45-23-26(10-11-36(45)43(31)5)19-27-20-28(38(49)51-27)30(42-35-9-7-8-14-41-35)21-29-25(2)32(44-15-17-50-18-16-44)22-33-39(29,3)13-12-34(47)40(33,4)24-46;2-1-3/h7-11,14,19-20,23,29-34,36,46-47H,2,6,12-13,15-18,21-22,24H2,1,3-5H3,(H,41,42);/b27-19+;/t29?,30?,31?,32?,33?,34-,36?,39-,40+;/m1./s1. The summed E-state index contributed by atoms with van der Waals surface area (Å²) in [5.41, 5.74) is 1.43. The third kappa shape index (κ3) is 7.28. The maximum atomic E-state index is 13.8. The number of nitrogens with one attached hydrogen (secondary N) is 1. The minimum atomic E-state index is -0.676. The Kier molecular flexibility index (Phi) is 11.9. The average molecular weight is 744 g/mol. The fourth-order valence-electron chi connectivity index (χ4n) is 10.0. The van der Waals surface area contributed by atoms with Gasteiger partial charge >= 0.3 is 12.1 Å². The van der Waals surface area contributed by atoms with Crippen LogP contribution in [0.5, 0.6) is 0 Å². The van der Waals surface area contributed by atoms with Crippen molar-refractivity contribution in [3.05, 3.63) is 84.0 Å². The van der Waals surface area contributed by atoms with E-state index in [4.69, 9.17) is 25.6 Å². The summed E-state index contributed by atoms with van der Waals surface area (Å²) in [4.78, 5) is 54.0. The van der Waals surface area contributed by atoms with Crippen LogP contribution in [0.2, 0.25) is 0 Å². The second kappa shape index (κ2) is 16.2. The summed E-state index contributed by atoms with van der Waals surface area (Å²) >= 11 is 0. The molecule has 1 amide bonds. The van der Waals surface area contributed by atoms with E-state index in [9.17, 15) is 19.8 Å². The van der Waals surface area contributed by atoms with E-state index in [1.807, 2.05) is 69.6 Å². The molecule has 2 saturated heterocycles. The number of allylic oxidation sites excluding steroid dienone is 4. The van der Waals surface area contributed by atoms with Gasteiger partial charge in [-0.1, -0.05) is 45.1 Å². The number of rotatable bonds is 9. The van der Waals surface area contributed by atoms with Crippen LogP contribution in [-0.4, -0.2) is 118 Å². The topological polar surface area (TPSA) is 162 Å². The van der Waals surface area contributed by atoms with Crippen molar-refractivity contribution in [2.75, 3.05) is 45.3 Å². The van der Waals surface area contributed by atoms with E-state index in [1.54, 1.807) is 11.1 Å². The van der Waals surface area contributed by atoms with Crippen molar-refractivity contribution in [1.29, 1.82) is 0 Å². The van der Waals surface area contributed by atoms with Crippen LogP contribution >= 0.6 is 0 Å². The van der Waals surface area contributed by atoms with Gasteiger partial charge in [0.25, 0.3) is 0 Å². The first-order valence-electron chi connectivity index (χ1n) is 19.0. The largest absolute Gasteiger partial charge is 0.423 e. The van der Waals surface area contributed by atoms with Crippen LogP contribution in [0.4, 0.5) is 5.82 Å². The molecule has 5 heterocycles. The summed E-state index contributed by atoms with van der Waals surface area (Å²) in [6, 6.07) is 5.08. The summed E-state index contributed by atoms with van der Waals surface area (Å²) in [6.07, 6.45) is 14.1. The molecule has 290 valence electrons. The van der Waals surface area contributed by atoms with Gasteiger partial charge in [0.15, 0.2) is 0 Å². The van der Waals surface area contributed by atoms with Crippen LogP contribution in [-0.2, 0) is 28.7 Å². The Morgan fingerprint density at radius 2 is 1.94 bits per heavy atom. The average Bonchev–Trinajstić information content (AvgIpc) is 3.65. The number of aliphatic hydroxyl groups is 2. The van der Waals surface area contributed by atoms with Gasteiger partial charge < -0.3 is 25.0 Å². The molecule has 1 aromatic rings. The molecular weight excluding hydrogens is 690 g/mol. The molecular formula is C41H53N5O8. The molecule has 54 heavy (non-hydrogen) atoms. The molecule has 13 nitrogen and oxygen atoms in total. The zero-order valence-electron chi connectivity index (χ0n) is 31.6. The van der Waals surface area contributed by atoms with E-state index in [1.165, 1.54) is 0 Å². The minimum Gasteiger partial charge on any atom is -0.423 e. The predicted molar refractivity (Wildman–Crippen MR) is 199 cm³/mol. The Labute approximate surface area is 317 Å². The van der Waals surface area contributed by atoms with E-state index in [0.29, 0.717) is 43.2 Å². The van der Waals surface area contributed by atoms with Gasteiger partial charge in [0.05, 0.1) is 43.6 Å².